The van der Waals surface area contributed by atoms with Gasteiger partial charge in [0.2, 0.25) is 10.0 Å². The van der Waals surface area contributed by atoms with E-state index < -0.39 is 16.0 Å². The number of benzene rings is 1. The summed E-state index contributed by atoms with van der Waals surface area (Å²) < 4.78 is 28.4. The highest BCUT2D eigenvalue weighted by Crippen LogP contribution is 2.19. The maximum Gasteiger partial charge on any atom is 0.335 e. The molecule has 0 spiro atoms. The third kappa shape index (κ3) is 3.52. The first-order valence-electron chi connectivity index (χ1n) is 6.61. The van der Waals surface area contributed by atoms with E-state index in [0.29, 0.717) is 5.69 Å². The van der Waals surface area contributed by atoms with Crippen LogP contribution in [0.1, 0.15) is 29.8 Å². The van der Waals surface area contributed by atoms with Gasteiger partial charge in [-0.05, 0) is 44.5 Å². The van der Waals surface area contributed by atoms with E-state index in [1.165, 1.54) is 16.8 Å². The quantitative estimate of drug-likeness (QED) is 0.869. The van der Waals surface area contributed by atoms with Crippen LogP contribution in [0.15, 0.2) is 35.5 Å². The fourth-order valence-corrected chi connectivity index (χ4v) is 3.24. The van der Waals surface area contributed by atoms with Gasteiger partial charge in [-0.15, -0.1) is 0 Å². The van der Waals surface area contributed by atoms with E-state index in [0.717, 1.165) is 11.6 Å². The van der Waals surface area contributed by atoms with Gasteiger partial charge in [0, 0.05) is 12.2 Å². The van der Waals surface area contributed by atoms with Gasteiger partial charge in [-0.3, -0.25) is 0 Å². The van der Waals surface area contributed by atoms with Crippen LogP contribution in [0.2, 0.25) is 0 Å². The molecule has 0 atom stereocenters. The second-order valence-electron chi connectivity index (χ2n) is 5.26. The molecule has 2 rings (SSSR count). The summed E-state index contributed by atoms with van der Waals surface area (Å²) in [5.74, 6) is -1.20. The number of aryl methyl sites for hydroxylation is 1. The van der Waals surface area contributed by atoms with Crippen molar-refractivity contribution in [2.75, 3.05) is 0 Å². The lowest BCUT2D eigenvalue weighted by molar-refractivity contribution is 0.0696. The lowest BCUT2D eigenvalue weighted by atomic mass is 10.2. The normalized spacial score (nSPS) is 11.8. The van der Waals surface area contributed by atoms with Gasteiger partial charge in [0.05, 0.1) is 22.3 Å². The molecule has 2 aromatic rings. The van der Waals surface area contributed by atoms with Crippen molar-refractivity contribution >= 4 is 16.0 Å². The summed E-state index contributed by atoms with van der Waals surface area (Å²) in [4.78, 5) is 11.1. The Labute approximate surface area is 128 Å². The maximum atomic E-state index is 12.3. The van der Waals surface area contributed by atoms with Crippen LogP contribution in [0.25, 0.3) is 5.69 Å². The number of hydrogen-bond donors (Lipinski definition) is 2. The first kappa shape index (κ1) is 16.2. The summed E-state index contributed by atoms with van der Waals surface area (Å²) in [6.45, 7) is 5.22. The number of nitrogens with one attached hydrogen (secondary N) is 1. The van der Waals surface area contributed by atoms with E-state index in [2.05, 4.69) is 9.82 Å². The molecule has 0 bridgehead atoms. The zero-order chi connectivity index (χ0) is 16.5. The van der Waals surface area contributed by atoms with Crippen molar-refractivity contribution in [3.05, 3.63) is 41.7 Å². The summed E-state index contributed by atoms with van der Waals surface area (Å²) in [7, 11) is -3.79. The summed E-state index contributed by atoms with van der Waals surface area (Å²) in [5, 5.41) is 13.3. The van der Waals surface area contributed by atoms with E-state index in [9.17, 15) is 18.3 Å². The molecule has 8 heteroatoms. The Bertz CT molecular complexity index is 809. The summed E-state index contributed by atoms with van der Waals surface area (Å²) in [6.07, 6.45) is 3.29. The minimum atomic E-state index is -3.79. The Morgan fingerprint density at radius 2 is 2.00 bits per heavy atom. The van der Waals surface area contributed by atoms with E-state index in [1.807, 2.05) is 6.92 Å². The minimum Gasteiger partial charge on any atom is -0.478 e. The van der Waals surface area contributed by atoms with Gasteiger partial charge in [-0.1, -0.05) is 0 Å². The molecule has 118 valence electrons. The van der Waals surface area contributed by atoms with Crippen LogP contribution < -0.4 is 4.72 Å². The topological polar surface area (TPSA) is 101 Å². The Morgan fingerprint density at radius 1 is 1.32 bits per heavy atom. The average Bonchev–Trinajstić information content (AvgIpc) is 2.83. The zero-order valence-electron chi connectivity index (χ0n) is 12.4. The van der Waals surface area contributed by atoms with Crippen LogP contribution >= 0.6 is 0 Å². The fraction of sp³-hybridized carbons (Fsp3) is 0.286. The standard InChI is InChI=1S/C14H17N3O4S/c1-9(2)16-22(20,21)13-5-11(14(18)19)4-12(6-13)17-8-10(3)7-15-17/h4-9,16H,1-3H3,(H,18,19). The molecular weight excluding hydrogens is 306 g/mol. The zero-order valence-corrected chi connectivity index (χ0v) is 13.3. The molecule has 0 fully saturated rings. The van der Waals surface area contributed by atoms with Crippen molar-refractivity contribution in [1.82, 2.24) is 14.5 Å². The maximum absolute atomic E-state index is 12.3. The molecule has 0 saturated heterocycles. The lowest BCUT2D eigenvalue weighted by Gasteiger charge is -2.12. The highest BCUT2D eigenvalue weighted by molar-refractivity contribution is 7.89. The van der Waals surface area contributed by atoms with Crippen LogP contribution in [0.5, 0.6) is 0 Å². The van der Waals surface area contributed by atoms with Gasteiger partial charge in [0.15, 0.2) is 0 Å². The number of nitrogens with zero attached hydrogens (tertiary/aromatic N) is 2. The van der Waals surface area contributed by atoms with Gasteiger partial charge in [-0.25, -0.2) is 22.6 Å². The third-order valence-corrected chi connectivity index (χ3v) is 4.45. The van der Waals surface area contributed by atoms with Gasteiger partial charge >= 0.3 is 5.97 Å². The molecule has 22 heavy (non-hydrogen) atoms. The van der Waals surface area contributed by atoms with Crippen molar-refractivity contribution in [2.24, 2.45) is 0 Å². The van der Waals surface area contributed by atoms with Crippen molar-refractivity contribution in [2.45, 2.75) is 31.7 Å². The highest BCUT2D eigenvalue weighted by Gasteiger charge is 2.19. The second-order valence-corrected chi connectivity index (χ2v) is 6.97. The number of carbonyl (C=O) groups is 1. The summed E-state index contributed by atoms with van der Waals surface area (Å²) >= 11 is 0. The molecule has 7 nitrogen and oxygen atoms in total. The average molecular weight is 323 g/mol. The molecule has 0 saturated carbocycles. The van der Waals surface area contributed by atoms with Crippen LogP contribution in [0.3, 0.4) is 0 Å². The van der Waals surface area contributed by atoms with Gasteiger partial charge in [-0.2, -0.15) is 5.10 Å². The summed E-state index contributed by atoms with van der Waals surface area (Å²) in [5.41, 5.74) is 1.14. The minimum absolute atomic E-state index is 0.107. The molecule has 1 aromatic heterocycles. The smallest absolute Gasteiger partial charge is 0.335 e. The Hall–Kier alpha value is -2.19. The Morgan fingerprint density at radius 3 is 2.50 bits per heavy atom. The van der Waals surface area contributed by atoms with Crippen molar-refractivity contribution in [3.8, 4) is 5.69 Å². The molecular formula is C14H17N3O4S. The Kier molecular flexibility index (Phi) is 4.34. The van der Waals surface area contributed by atoms with Crippen molar-refractivity contribution < 1.29 is 18.3 Å². The van der Waals surface area contributed by atoms with Crippen molar-refractivity contribution in [3.63, 3.8) is 0 Å². The number of sulfonamides is 1. The molecule has 0 aliphatic heterocycles. The van der Waals surface area contributed by atoms with Gasteiger partial charge in [0.1, 0.15) is 0 Å². The highest BCUT2D eigenvalue weighted by atomic mass is 32.2. The number of carboxylic acids is 1. The van der Waals surface area contributed by atoms with E-state index in [4.69, 9.17) is 0 Å². The van der Waals surface area contributed by atoms with E-state index in [-0.39, 0.29) is 16.5 Å². The van der Waals surface area contributed by atoms with Crippen LogP contribution in [-0.2, 0) is 10.0 Å². The number of hydrogen-bond acceptors (Lipinski definition) is 4. The number of rotatable bonds is 5. The second kappa shape index (κ2) is 5.90. The van der Waals surface area contributed by atoms with Crippen LogP contribution in [-0.4, -0.2) is 35.3 Å². The molecule has 2 N–H and O–H groups in total. The first-order valence-corrected chi connectivity index (χ1v) is 8.10. The monoisotopic (exact) mass is 323 g/mol. The molecule has 0 aliphatic rings. The van der Waals surface area contributed by atoms with Gasteiger partial charge < -0.3 is 5.11 Å². The molecule has 0 aliphatic carbocycles. The number of carboxylic acid groups (broad SMARTS) is 1. The van der Waals surface area contributed by atoms with Crippen LogP contribution in [0.4, 0.5) is 0 Å². The molecule has 0 unspecified atom stereocenters. The Balaban J connectivity index is 2.60. The lowest BCUT2D eigenvalue weighted by Crippen LogP contribution is -2.30. The van der Waals surface area contributed by atoms with Crippen molar-refractivity contribution in [1.29, 1.82) is 0 Å². The molecule has 1 aromatic carbocycles. The van der Waals surface area contributed by atoms with Crippen LogP contribution in [0, 0.1) is 6.92 Å². The molecule has 0 radical (unpaired) electrons. The predicted molar refractivity (Wildman–Crippen MR) is 80.7 cm³/mol. The molecule has 0 amide bonds. The largest absolute Gasteiger partial charge is 0.478 e. The predicted octanol–water partition coefficient (Wildman–Crippen LogP) is 1.57. The number of aromatic nitrogens is 2. The third-order valence-electron chi connectivity index (χ3n) is 2.82. The van der Waals surface area contributed by atoms with Gasteiger partial charge in [0.25, 0.3) is 0 Å². The van der Waals surface area contributed by atoms with E-state index in [1.54, 1.807) is 26.2 Å². The summed E-state index contributed by atoms with van der Waals surface area (Å²) in [6, 6.07) is 3.61. The number of aromatic carboxylic acids is 1. The molecule has 1 heterocycles. The first-order chi connectivity index (χ1) is 10.2. The fourth-order valence-electron chi connectivity index (χ4n) is 1.93. The van der Waals surface area contributed by atoms with E-state index >= 15 is 0 Å². The SMILES string of the molecule is Cc1cnn(-c2cc(C(=O)O)cc(S(=O)(=O)NC(C)C)c2)c1.